The molecule has 0 fully saturated rings. The molecule has 0 amide bonds. The molecular formula is C12H14N2O. The summed E-state index contributed by atoms with van der Waals surface area (Å²) in [6.07, 6.45) is 4.15. The summed E-state index contributed by atoms with van der Waals surface area (Å²) in [7, 11) is 1.76. The van der Waals surface area contributed by atoms with Crippen molar-refractivity contribution in [2.75, 3.05) is 7.11 Å². The number of rotatable bonds is 1. The number of pyridine rings is 1. The van der Waals surface area contributed by atoms with E-state index in [0.717, 1.165) is 24.2 Å². The van der Waals surface area contributed by atoms with E-state index in [1.54, 1.807) is 7.11 Å². The smallest absolute Gasteiger partial charge is 0.137 e. The normalized spacial score (nSPS) is 24.7. The summed E-state index contributed by atoms with van der Waals surface area (Å²) < 4.78 is 7.75. The summed E-state index contributed by atoms with van der Waals surface area (Å²) in [5, 5.41) is 0. The van der Waals surface area contributed by atoms with Crippen LogP contribution >= 0.6 is 0 Å². The van der Waals surface area contributed by atoms with Gasteiger partial charge in [-0.3, -0.25) is 0 Å². The van der Waals surface area contributed by atoms with Gasteiger partial charge in [0.2, 0.25) is 0 Å². The number of hydrogen-bond acceptors (Lipinski definition) is 2. The molecule has 0 spiro atoms. The van der Waals surface area contributed by atoms with Crippen molar-refractivity contribution in [2.45, 2.75) is 25.4 Å². The zero-order chi connectivity index (χ0) is 10.5. The first-order valence-corrected chi connectivity index (χ1v) is 5.26. The molecule has 3 heteroatoms. The molecule has 0 saturated heterocycles. The van der Waals surface area contributed by atoms with Crippen LogP contribution in [0.1, 0.15) is 24.7 Å². The lowest BCUT2D eigenvalue weighted by Crippen LogP contribution is -2.21. The first-order chi connectivity index (χ1) is 7.24. The molecule has 1 aliphatic carbocycles. The maximum atomic E-state index is 5.58. The summed E-state index contributed by atoms with van der Waals surface area (Å²) in [6, 6.07) is 6.09. The van der Waals surface area contributed by atoms with Crippen LogP contribution in [0, 0.1) is 0 Å². The minimum Gasteiger partial charge on any atom is -0.372 e. The molecule has 2 aromatic rings. The van der Waals surface area contributed by atoms with Gasteiger partial charge in [-0.2, -0.15) is 0 Å². The second kappa shape index (κ2) is 2.83. The standard InChI is InChI=1S/C12H14N2O/c1-12(15-2)7-6-9-11(12)13-10-5-3-4-8-14(9)10/h3-5,8H,6-7H2,1-2H3. The fraction of sp³-hybridized carbons (Fsp3) is 0.417. The van der Waals surface area contributed by atoms with Crippen LogP contribution in [-0.2, 0) is 16.8 Å². The van der Waals surface area contributed by atoms with E-state index < -0.39 is 0 Å². The maximum absolute atomic E-state index is 5.58. The molecular weight excluding hydrogens is 188 g/mol. The van der Waals surface area contributed by atoms with Crippen molar-refractivity contribution in [3.8, 4) is 0 Å². The Labute approximate surface area is 88.7 Å². The second-order valence-corrected chi connectivity index (χ2v) is 4.27. The molecule has 1 unspecified atom stereocenters. The van der Waals surface area contributed by atoms with Crippen molar-refractivity contribution in [1.29, 1.82) is 0 Å². The van der Waals surface area contributed by atoms with Gasteiger partial charge in [0, 0.05) is 19.0 Å². The van der Waals surface area contributed by atoms with Crippen LogP contribution in [0.3, 0.4) is 0 Å². The predicted molar refractivity (Wildman–Crippen MR) is 57.9 cm³/mol. The van der Waals surface area contributed by atoms with Gasteiger partial charge in [-0.05, 0) is 31.9 Å². The maximum Gasteiger partial charge on any atom is 0.137 e. The summed E-state index contributed by atoms with van der Waals surface area (Å²) in [5.74, 6) is 0. The predicted octanol–water partition coefficient (Wildman–Crippen LogP) is 2.14. The molecule has 0 N–H and O–H groups in total. The Balaban J connectivity index is 2.30. The van der Waals surface area contributed by atoms with E-state index in [2.05, 4.69) is 22.5 Å². The lowest BCUT2D eigenvalue weighted by atomic mass is 10.1. The zero-order valence-electron chi connectivity index (χ0n) is 9.03. The van der Waals surface area contributed by atoms with Crippen molar-refractivity contribution in [1.82, 2.24) is 9.38 Å². The monoisotopic (exact) mass is 202 g/mol. The van der Waals surface area contributed by atoms with Gasteiger partial charge in [0.05, 0.1) is 5.69 Å². The van der Waals surface area contributed by atoms with E-state index in [4.69, 9.17) is 4.74 Å². The summed E-state index contributed by atoms with van der Waals surface area (Å²) in [4.78, 5) is 4.66. The average molecular weight is 202 g/mol. The van der Waals surface area contributed by atoms with Gasteiger partial charge >= 0.3 is 0 Å². The van der Waals surface area contributed by atoms with Crippen molar-refractivity contribution in [2.24, 2.45) is 0 Å². The summed E-state index contributed by atoms with van der Waals surface area (Å²) in [6.45, 7) is 2.12. The minimum atomic E-state index is -0.193. The molecule has 0 bridgehead atoms. The number of ether oxygens (including phenoxy) is 1. The molecule has 1 aliphatic rings. The molecule has 0 radical (unpaired) electrons. The van der Waals surface area contributed by atoms with E-state index >= 15 is 0 Å². The van der Waals surface area contributed by atoms with Crippen molar-refractivity contribution in [3.05, 3.63) is 35.8 Å². The third kappa shape index (κ3) is 1.07. The molecule has 3 nitrogen and oxygen atoms in total. The Hall–Kier alpha value is -1.35. The van der Waals surface area contributed by atoms with Gasteiger partial charge < -0.3 is 9.14 Å². The molecule has 2 heterocycles. The molecule has 1 atom stereocenters. The SMILES string of the molecule is COC1(C)CCc2c1nc1ccccn21. The Morgan fingerprint density at radius 2 is 2.33 bits per heavy atom. The second-order valence-electron chi connectivity index (χ2n) is 4.27. The number of hydrogen-bond donors (Lipinski definition) is 0. The van der Waals surface area contributed by atoms with E-state index in [0.29, 0.717) is 0 Å². The lowest BCUT2D eigenvalue weighted by molar-refractivity contribution is 0.000799. The molecule has 0 aromatic carbocycles. The van der Waals surface area contributed by atoms with Gasteiger partial charge in [-0.1, -0.05) is 6.07 Å². The quantitative estimate of drug-likeness (QED) is 0.708. The van der Waals surface area contributed by atoms with E-state index in [-0.39, 0.29) is 5.60 Å². The van der Waals surface area contributed by atoms with Crippen LogP contribution < -0.4 is 0 Å². The van der Waals surface area contributed by atoms with Crippen molar-refractivity contribution < 1.29 is 4.74 Å². The third-order valence-electron chi connectivity index (χ3n) is 3.42. The van der Waals surface area contributed by atoms with Gasteiger partial charge in [0.1, 0.15) is 11.2 Å². The van der Waals surface area contributed by atoms with Gasteiger partial charge in [-0.15, -0.1) is 0 Å². The zero-order valence-corrected chi connectivity index (χ0v) is 9.03. The molecule has 3 rings (SSSR count). The Morgan fingerprint density at radius 1 is 1.47 bits per heavy atom. The highest BCUT2D eigenvalue weighted by atomic mass is 16.5. The molecule has 2 aromatic heterocycles. The average Bonchev–Trinajstić information content (AvgIpc) is 2.78. The lowest BCUT2D eigenvalue weighted by Gasteiger charge is -2.20. The largest absolute Gasteiger partial charge is 0.372 e. The minimum absolute atomic E-state index is 0.193. The van der Waals surface area contributed by atoms with Crippen LogP contribution in [0.15, 0.2) is 24.4 Å². The van der Waals surface area contributed by atoms with E-state index in [1.807, 2.05) is 18.2 Å². The summed E-state index contributed by atoms with van der Waals surface area (Å²) in [5.41, 5.74) is 3.23. The first-order valence-electron chi connectivity index (χ1n) is 5.26. The number of imidazole rings is 1. The van der Waals surface area contributed by atoms with E-state index in [1.165, 1.54) is 5.69 Å². The Bertz CT molecular complexity index is 517. The van der Waals surface area contributed by atoms with Crippen LogP contribution in [0.25, 0.3) is 5.65 Å². The van der Waals surface area contributed by atoms with Crippen LogP contribution in [0.4, 0.5) is 0 Å². The Kier molecular flexibility index (Phi) is 1.68. The van der Waals surface area contributed by atoms with Crippen LogP contribution in [0.5, 0.6) is 0 Å². The Morgan fingerprint density at radius 3 is 3.13 bits per heavy atom. The van der Waals surface area contributed by atoms with Crippen LogP contribution in [-0.4, -0.2) is 16.5 Å². The van der Waals surface area contributed by atoms with E-state index in [9.17, 15) is 0 Å². The highest BCUT2D eigenvalue weighted by Crippen LogP contribution is 2.38. The van der Waals surface area contributed by atoms with Crippen molar-refractivity contribution >= 4 is 5.65 Å². The fourth-order valence-corrected chi connectivity index (χ4v) is 2.38. The summed E-state index contributed by atoms with van der Waals surface area (Å²) >= 11 is 0. The fourth-order valence-electron chi connectivity index (χ4n) is 2.38. The molecule has 0 saturated carbocycles. The highest BCUT2D eigenvalue weighted by molar-refractivity contribution is 5.46. The van der Waals surface area contributed by atoms with Crippen molar-refractivity contribution in [3.63, 3.8) is 0 Å². The third-order valence-corrected chi connectivity index (χ3v) is 3.42. The number of fused-ring (bicyclic) bond motifs is 3. The first kappa shape index (κ1) is 8.92. The molecule has 0 aliphatic heterocycles. The molecule has 15 heavy (non-hydrogen) atoms. The topological polar surface area (TPSA) is 26.5 Å². The van der Waals surface area contributed by atoms with Gasteiger partial charge in [0.15, 0.2) is 0 Å². The van der Waals surface area contributed by atoms with Gasteiger partial charge in [0.25, 0.3) is 0 Å². The number of aryl methyl sites for hydroxylation is 1. The highest BCUT2D eigenvalue weighted by Gasteiger charge is 2.38. The van der Waals surface area contributed by atoms with Gasteiger partial charge in [-0.25, -0.2) is 4.98 Å². The van der Waals surface area contributed by atoms with Crippen LogP contribution in [0.2, 0.25) is 0 Å². The molecule has 78 valence electrons. The number of aromatic nitrogens is 2. The number of nitrogens with zero attached hydrogens (tertiary/aromatic N) is 2. The number of methoxy groups -OCH3 is 1.